The Kier molecular flexibility index (Phi) is 5.63. The number of hydrogen-bond donors (Lipinski definition) is 1. The average Bonchev–Trinajstić information content (AvgIpc) is 3.27. The predicted molar refractivity (Wildman–Crippen MR) is 89.0 cm³/mol. The minimum absolute atomic E-state index is 0.153. The van der Waals surface area contributed by atoms with E-state index in [1.165, 1.54) is 24.3 Å². The van der Waals surface area contributed by atoms with Crippen molar-refractivity contribution < 1.29 is 41.8 Å². The third-order valence-electron chi connectivity index (χ3n) is 5.13. The number of carboxylic acid groups (broad SMARTS) is 1. The van der Waals surface area contributed by atoms with E-state index in [0.717, 1.165) is 0 Å². The molecule has 29 heavy (non-hydrogen) atoms. The number of rotatable bonds is 7. The second-order valence-electron chi connectivity index (χ2n) is 7.03. The largest absolute Gasteiger partial charge is 0.545 e. The first-order valence-corrected chi connectivity index (χ1v) is 8.73. The van der Waals surface area contributed by atoms with Gasteiger partial charge in [0.2, 0.25) is 5.91 Å². The molecule has 0 radical (unpaired) electrons. The van der Waals surface area contributed by atoms with Crippen LogP contribution >= 0.6 is 0 Å². The maximum Gasteiger partial charge on any atom is 0.340 e. The molecule has 2 bridgehead atoms. The first kappa shape index (κ1) is 20.8. The number of fused-ring (bicyclic) bond motifs is 2. The fraction of sp³-hybridized carbons (Fsp3) is 0.421. The molecule has 4 atom stereocenters. The van der Waals surface area contributed by atoms with Crippen LogP contribution in [0.3, 0.4) is 0 Å². The SMILES string of the molecule is O=C([O-])c1cccc(NC(=O)[C@H]2[C@@H](C(=O)OCC(F)(F)C(F)F)[C@H]3C=C[C@H]2C3)c1. The van der Waals surface area contributed by atoms with Crippen LogP contribution in [0.25, 0.3) is 0 Å². The fourth-order valence-corrected chi connectivity index (χ4v) is 3.78. The van der Waals surface area contributed by atoms with E-state index in [1.54, 1.807) is 12.2 Å². The number of carbonyl (C=O) groups is 3. The van der Waals surface area contributed by atoms with Crippen LogP contribution in [-0.2, 0) is 14.3 Å². The molecule has 0 heterocycles. The van der Waals surface area contributed by atoms with Gasteiger partial charge in [-0.2, -0.15) is 8.78 Å². The van der Waals surface area contributed by atoms with E-state index < -0.39 is 54.6 Å². The number of alkyl halides is 4. The van der Waals surface area contributed by atoms with Gasteiger partial charge in [-0.25, -0.2) is 8.78 Å². The van der Waals surface area contributed by atoms with Crippen molar-refractivity contribution in [3.05, 3.63) is 42.0 Å². The van der Waals surface area contributed by atoms with Crippen LogP contribution in [-0.4, -0.2) is 36.8 Å². The summed E-state index contributed by atoms with van der Waals surface area (Å²) in [5.74, 6) is -10.5. The Morgan fingerprint density at radius 1 is 1.17 bits per heavy atom. The lowest BCUT2D eigenvalue weighted by Crippen LogP contribution is -2.40. The number of halogens is 4. The van der Waals surface area contributed by atoms with Crippen LogP contribution in [0.4, 0.5) is 23.2 Å². The van der Waals surface area contributed by atoms with Crippen LogP contribution in [0.5, 0.6) is 0 Å². The van der Waals surface area contributed by atoms with Crippen molar-refractivity contribution in [2.45, 2.75) is 18.8 Å². The molecule has 0 aromatic heterocycles. The van der Waals surface area contributed by atoms with Crippen molar-refractivity contribution in [1.29, 1.82) is 0 Å². The topological polar surface area (TPSA) is 95.5 Å². The summed E-state index contributed by atoms with van der Waals surface area (Å²) in [6.07, 6.45) is -0.167. The highest BCUT2D eigenvalue weighted by molar-refractivity contribution is 5.97. The summed E-state index contributed by atoms with van der Waals surface area (Å²) in [6, 6.07) is 5.27. The fourth-order valence-electron chi connectivity index (χ4n) is 3.78. The number of nitrogens with one attached hydrogen (secondary N) is 1. The van der Waals surface area contributed by atoms with Gasteiger partial charge in [0.15, 0.2) is 6.61 Å². The van der Waals surface area contributed by atoms with E-state index in [4.69, 9.17) is 0 Å². The molecular formula is C19H16F4NO5-. The van der Waals surface area contributed by atoms with Gasteiger partial charge in [0.05, 0.1) is 17.8 Å². The third-order valence-corrected chi connectivity index (χ3v) is 5.13. The molecule has 0 unspecified atom stereocenters. The van der Waals surface area contributed by atoms with Gasteiger partial charge in [0, 0.05) is 5.69 Å². The van der Waals surface area contributed by atoms with Crippen LogP contribution in [0, 0.1) is 23.7 Å². The summed E-state index contributed by atoms with van der Waals surface area (Å²) >= 11 is 0. The predicted octanol–water partition coefficient (Wildman–Crippen LogP) is 1.87. The standard InChI is InChI=1S/C19H17F4NO5/c20-18(21)19(22,23)8-29-17(28)14-10-5-4-9(6-10)13(14)15(25)24-12-3-1-2-11(7-12)16(26)27/h1-5,7,9-10,13-14,18H,6,8H2,(H,24,25)(H,26,27)/p-1/t9-,10-,13+,14-/m0/s1. The number of esters is 1. The molecule has 0 aliphatic heterocycles. The first-order chi connectivity index (χ1) is 13.6. The number of aromatic carboxylic acids is 1. The number of carbonyl (C=O) groups excluding carboxylic acids is 3. The Morgan fingerprint density at radius 3 is 2.45 bits per heavy atom. The van der Waals surface area contributed by atoms with E-state index in [-0.39, 0.29) is 17.2 Å². The molecule has 0 saturated heterocycles. The molecule has 10 heteroatoms. The van der Waals surface area contributed by atoms with Crippen molar-refractivity contribution in [1.82, 2.24) is 0 Å². The minimum Gasteiger partial charge on any atom is -0.545 e. The van der Waals surface area contributed by atoms with Gasteiger partial charge < -0.3 is 20.0 Å². The second kappa shape index (κ2) is 7.84. The second-order valence-corrected chi connectivity index (χ2v) is 7.03. The number of benzene rings is 1. The number of carboxylic acids is 1. The summed E-state index contributed by atoms with van der Waals surface area (Å²) in [4.78, 5) is 36.0. The van der Waals surface area contributed by atoms with Gasteiger partial charge in [0.1, 0.15) is 0 Å². The molecule has 1 fully saturated rings. The molecule has 2 aliphatic carbocycles. The van der Waals surface area contributed by atoms with E-state index in [9.17, 15) is 37.1 Å². The summed E-state index contributed by atoms with van der Waals surface area (Å²) in [7, 11) is 0. The zero-order valence-electron chi connectivity index (χ0n) is 14.8. The molecule has 1 N–H and O–H groups in total. The van der Waals surface area contributed by atoms with Gasteiger partial charge in [-0.1, -0.05) is 24.3 Å². The van der Waals surface area contributed by atoms with Crippen molar-refractivity contribution in [3.8, 4) is 0 Å². The normalized spacial score (nSPS) is 25.3. The monoisotopic (exact) mass is 414 g/mol. The molecular weight excluding hydrogens is 398 g/mol. The van der Waals surface area contributed by atoms with E-state index in [2.05, 4.69) is 10.1 Å². The minimum atomic E-state index is -4.48. The lowest BCUT2D eigenvalue weighted by molar-refractivity contribution is -0.255. The van der Waals surface area contributed by atoms with Gasteiger partial charge in [0.25, 0.3) is 0 Å². The van der Waals surface area contributed by atoms with Gasteiger partial charge >= 0.3 is 18.3 Å². The summed E-state index contributed by atoms with van der Waals surface area (Å²) < 4.78 is 55.1. The lowest BCUT2D eigenvalue weighted by Gasteiger charge is -2.26. The molecule has 1 aromatic rings. The third kappa shape index (κ3) is 4.25. The van der Waals surface area contributed by atoms with Gasteiger partial charge in [-0.3, -0.25) is 9.59 Å². The molecule has 6 nitrogen and oxygen atoms in total. The molecule has 0 spiro atoms. The number of hydrogen-bond acceptors (Lipinski definition) is 5. The first-order valence-electron chi connectivity index (χ1n) is 8.73. The Balaban J connectivity index is 1.72. The Morgan fingerprint density at radius 2 is 1.83 bits per heavy atom. The Bertz CT molecular complexity index is 857. The number of ether oxygens (including phenoxy) is 1. The van der Waals surface area contributed by atoms with E-state index >= 15 is 0 Å². The average molecular weight is 414 g/mol. The smallest absolute Gasteiger partial charge is 0.340 e. The van der Waals surface area contributed by atoms with Crippen LogP contribution in [0.15, 0.2) is 36.4 Å². The van der Waals surface area contributed by atoms with E-state index in [1.807, 2.05) is 0 Å². The van der Waals surface area contributed by atoms with Crippen molar-refractivity contribution in [2.24, 2.45) is 23.7 Å². The summed E-state index contributed by atoms with van der Waals surface area (Å²) in [5, 5.41) is 13.4. The molecule has 1 saturated carbocycles. The summed E-state index contributed by atoms with van der Waals surface area (Å²) in [5.41, 5.74) is -0.0133. The number of amides is 1. The summed E-state index contributed by atoms with van der Waals surface area (Å²) in [6.45, 7) is -1.77. The quantitative estimate of drug-likeness (QED) is 0.418. The molecule has 1 amide bonds. The molecule has 1 aromatic carbocycles. The molecule has 3 rings (SSSR count). The maximum absolute atomic E-state index is 13.1. The van der Waals surface area contributed by atoms with E-state index in [0.29, 0.717) is 6.42 Å². The highest BCUT2D eigenvalue weighted by Gasteiger charge is 2.53. The number of allylic oxidation sites excluding steroid dienone is 2. The van der Waals surface area contributed by atoms with Crippen molar-refractivity contribution in [2.75, 3.05) is 11.9 Å². The zero-order valence-corrected chi connectivity index (χ0v) is 14.8. The highest BCUT2D eigenvalue weighted by atomic mass is 19.3. The molecule has 2 aliphatic rings. The van der Waals surface area contributed by atoms with Crippen LogP contribution in [0.2, 0.25) is 0 Å². The zero-order chi connectivity index (χ0) is 21.3. The molecule has 156 valence electrons. The van der Waals surface area contributed by atoms with Gasteiger partial charge in [-0.15, -0.1) is 0 Å². The highest BCUT2D eigenvalue weighted by Crippen LogP contribution is 2.49. The van der Waals surface area contributed by atoms with Crippen LogP contribution < -0.4 is 10.4 Å². The van der Waals surface area contributed by atoms with Crippen molar-refractivity contribution >= 4 is 23.5 Å². The van der Waals surface area contributed by atoms with Crippen LogP contribution in [0.1, 0.15) is 16.8 Å². The number of anilines is 1. The van der Waals surface area contributed by atoms with Crippen molar-refractivity contribution in [3.63, 3.8) is 0 Å². The Labute approximate surface area is 162 Å². The lowest BCUT2D eigenvalue weighted by atomic mass is 9.82. The Hall–Kier alpha value is -2.91. The van der Waals surface area contributed by atoms with Gasteiger partial charge in [-0.05, 0) is 36.0 Å². The maximum atomic E-state index is 13.1.